The Morgan fingerprint density at radius 2 is 1.96 bits per heavy atom. The van der Waals surface area contributed by atoms with Crippen LogP contribution in [0.4, 0.5) is 11.4 Å². The second kappa shape index (κ2) is 8.02. The number of hydrogen-bond donors (Lipinski definition) is 1. The molecule has 2 rings (SSSR count). The summed E-state index contributed by atoms with van der Waals surface area (Å²) in [5.74, 6) is -0.171. The fourth-order valence-corrected chi connectivity index (χ4v) is 2.95. The highest BCUT2D eigenvalue weighted by atomic mass is 35.5. The van der Waals surface area contributed by atoms with E-state index in [-0.39, 0.29) is 24.2 Å². The van der Waals surface area contributed by atoms with Gasteiger partial charge in [0.05, 0.1) is 16.8 Å². The van der Waals surface area contributed by atoms with Gasteiger partial charge >= 0.3 is 0 Å². The summed E-state index contributed by atoms with van der Waals surface area (Å²) < 4.78 is 0. The summed E-state index contributed by atoms with van der Waals surface area (Å²) in [6, 6.07) is 7.10. The lowest BCUT2D eigenvalue weighted by atomic mass is 10.1. The number of carbonyl (C=O) groups excluding carboxylic acids is 2. The first-order valence-corrected chi connectivity index (χ1v) is 8.30. The summed E-state index contributed by atoms with van der Waals surface area (Å²) in [5, 5.41) is 11.7. The Labute approximate surface area is 147 Å². The summed E-state index contributed by atoms with van der Waals surface area (Å²) >= 11 is 6.33. The average Bonchev–Trinajstić information content (AvgIpc) is 2.54. The van der Waals surface area contributed by atoms with E-state index >= 15 is 0 Å². The molecule has 128 valence electrons. The first kappa shape index (κ1) is 18.1. The zero-order valence-corrected chi connectivity index (χ0v) is 14.6. The van der Waals surface area contributed by atoms with Crippen molar-refractivity contribution >= 4 is 34.8 Å². The molecule has 1 saturated heterocycles. The van der Waals surface area contributed by atoms with Crippen LogP contribution in [0.15, 0.2) is 18.2 Å². The highest BCUT2D eigenvalue weighted by molar-refractivity contribution is 6.33. The molecule has 1 aliphatic heterocycles. The fraction of sp³-hybridized carbons (Fsp3) is 0.471. The maximum Gasteiger partial charge on any atom is 0.238 e. The Balaban J connectivity index is 2.00. The molecule has 1 heterocycles. The van der Waals surface area contributed by atoms with E-state index in [9.17, 15) is 9.59 Å². The third-order valence-corrected chi connectivity index (χ3v) is 4.20. The molecule has 7 heteroatoms. The number of benzene rings is 1. The van der Waals surface area contributed by atoms with E-state index < -0.39 is 0 Å². The lowest BCUT2D eigenvalue weighted by Gasteiger charge is -2.37. The lowest BCUT2D eigenvalue weighted by Crippen LogP contribution is -2.50. The molecule has 1 aromatic carbocycles. The molecule has 0 aliphatic carbocycles. The standard InChI is InChI=1S/C17H21ClN4O2/c1-12(2)17(24)22-9-7-21(8-10-22)15-4-3-13(11-14(15)18)20-16(23)5-6-19/h3-4,11-12H,5,7-10H2,1-2H3,(H,20,23). The highest BCUT2D eigenvalue weighted by Gasteiger charge is 2.23. The Morgan fingerprint density at radius 3 is 2.50 bits per heavy atom. The van der Waals surface area contributed by atoms with E-state index in [2.05, 4.69) is 10.2 Å². The van der Waals surface area contributed by atoms with Gasteiger partial charge < -0.3 is 15.1 Å². The molecule has 6 nitrogen and oxygen atoms in total. The van der Waals surface area contributed by atoms with E-state index in [0.717, 1.165) is 18.8 Å². The van der Waals surface area contributed by atoms with Crippen LogP contribution in [0.25, 0.3) is 0 Å². The maximum absolute atomic E-state index is 12.0. The average molecular weight is 349 g/mol. The fourth-order valence-electron chi connectivity index (χ4n) is 2.65. The summed E-state index contributed by atoms with van der Waals surface area (Å²) in [4.78, 5) is 27.5. The molecule has 1 aliphatic rings. The number of rotatable bonds is 4. The van der Waals surface area contributed by atoms with Crippen LogP contribution in [0.5, 0.6) is 0 Å². The number of nitrogens with one attached hydrogen (secondary N) is 1. The van der Waals surface area contributed by atoms with Gasteiger partial charge in [-0.3, -0.25) is 9.59 Å². The number of amides is 2. The van der Waals surface area contributed by atoms with Crippen molar-refractivity contribution < 1.29 is 9.59 Å². The summed E-state index contributed by atoms with van der Waals surface area (Å²) in [6.45, 7) is 6.61. The van der Waals surface area contributed by atoms with Crippen LogP contribution in [-0.4, -0.2) is 42.9 Å². The maximum atomic E-state index is 12.0. The number of carbonyl (C=O) groups is 2. The van der Waals surface area contributed by atoms with Gasteiger partial charge in [0.2, 0.25) is 11.8 Å². The molecular formula is C17H21ClN4O2. The highest BCUT2D eigenvalue weighted by Crippen LogP contribution is 2.29. The van der Waals surface area contributed by atoms with E-state index in [1.165, 1.54) is 0 Å². The van der Waals surface area contributed by atoms with Gasteiger partial charge in [-0.05, 0) is 18.2 Å². The molecule has 1 fully saturated rings. The molecule has 0 unspecified atom stereocenters. The number of piperazine rings is 1. The van der Waals surface area contributed by atoms with Crippen molar-refractivity contribution in [2.24, 2.45) is 5.92 Å². The molecule has 0 spiro atoms. The van der Waals surface area contributed by atoms with Gasteiger partial charge in [0.1, 0.15) is 6.42 Å². The molecule has 0 aromatic heterocycles. The Bertz CT molecular complexity index is 661. The lowest BCUT2D eigenvalue weighted by molar-refractivity contribution is -0.134. The van der Waals surface area contributed by atoms with Gasteiger partial charge in [0, 0.05) is 37.8 Å². The second-order valence-electron chi connectivity index (χ2n) is 6.02. The molecule has 1 N–H and O–H groups in total. The van der Waals surface area contributed by atoms with Crippen LogP contribution < -0.4 is 10.2 Å². The van der Waals surface area contributed by atoms with Crippen LogP contribution in [-0.2, 0) is 9.59 Å². The first-order valence-electron chi connectivity index (χ1n) is 7.92. The minimum Gasteiger partial charge on any atom is -0.367 e. The number of nitriles is 1. The number of halogens is 1. The smallest absolute Gasteiger partial charge is 0.238 e. The van der Waals surface area contributed by atoms with Crippen molar-refractivity contribution in [1.82, 2.24) is 4.90 Å². The summed E-state index contributed by atoms with van der Waals surface area (Å²) in [6.07, 6.45) is -0.189. The molecule has 0 bridgehead atoms. The third-order valence-electron chi connectivity index (χ3n) is 3.90. The summed E-state index contributed by atoms with van der Waals surface area (Å²) in [5.41, 5.74) is 1.45. The van der Waals surface area contributed by atoms with Crippen molar-refractivity contribution in [2.45, 2.75) is 20.3 Å². The van der Waals surface area contributed by atoms with Crippen molar-refractivity contribution in [3.05, 3.63) is 23.2 Å². The Morgan fingerprint density at radius 1 is 1.29 bits per heavy atom. The minimum absolute atomic E-state index is 0.0106. The van der Waals surface area contributed by atoms with Crippen LogP contribution in [0.3, 0.4) is 0 Å². The Hall–Kier alpha value is -2.26. The van der Waals surface area contributed by atoms with Gasteiger partial charge in [0.15, 0.2) is 0 Å². The molecular weight excluding hydrogens is 328 g/mol. The van der Waals surface area contributed by atoms with E-state index in [1.54, 1.807) is 18.2 Å². The monoisotopic (exact) mass is 348 g/mol. The normalized spacial score (nSPS) is 14.5. The van der Waals surface area contributed by atoms with E-state index in [4.69, 9.17) is 16.9 Å². The van der Waals surface area contributed by atoms with Crippen molar-refractivity contribution in [3.8, 4) is 6.07 Å². The molecule has 24 heavy (non-hydrogen) atoms. The van der Waals surface area contributed by atoms with Crippen LogP contribution >= 0.6 is 11.6 Å². The Kier molecular flexibility index (Phi) is 6.04. The molecule has 0 saturated carbocycles. The van der Waals surface area contributed by atoms with Gasteiger partial charge in [0.25, 0.3) is 0 Å². The van der Waals surface area contributed by atoms with Crippen LogP contribution in [0, 0.1) is 17.2 Å². The van der Waals surface area contributed by atoms with E-state index in [1.807, 2.05) is 24.8 Å². The van der Waals surface area contributed by atoms with Crippen molar-refractivity contribution in [3.63, 3.8) is 0 Å². The molecule has 2 amide bonds. The van der Waals surface area contributed by atoms with Gasteiger partial charge in [-0.25, -0.2) is 0 Å². The topological polar surface area (TPSA) is 76.4 Å². The first-order chi connectivity index (χ1) is 11.4. The second-order valence-corrected chi connectivity index (χ2v) is 6.42. The van der Waals surface area contributed by atoms with Crippen LogP contribution in [0.1, 0.15) is 20.3 Å². The zero-order chi connectivity index (χ0) is 17.7. The van der Waals surface area contributed by atoms with Crippen molar-refractivity contribution in [2.75, 3.05) is 36.4 Å². The predicted molar refractivity (Wildman–Crippen MR) is 93.9 cm³/mol. The molecule has 0 radical (unpaired) electrons. The number of hydrogen-bond acceptors (Lipinski definition) is 4. The van der Waals surface area contributed by atoms with Gasteiger partial charge in [-0.1, -0.05) is 25.4 Å². The largest absolute Gasteiger partial charge is 0.367 e. The number of anilines is 2. The zero-order valence-electron chi connectivity index (χ0n) is 13.9. The quantitative estimate of drug-likeness (QED) is 0.907. The third kappa shape index (κ3) is 4.39. The summed E-state index contributed by atoms with van der Waals surface area (Å²) in [7, 11) is 0. The van der Waals surface area contributed by atoms with Crippen LogP contribution in [0.2, 0.25) is 5.02 Å². The predicted octanol–water partition coefficient (Wildman–Crippen LogP) is 2.50. The number of nitrogens with zero attached hydrogens (tertiary/aromatic N) is 3. The minimum atomic E-state index is -0.359. The van der Waals surface area contributed by atoms with E-state index in [0.29, 0.717) is 23.8 Å². The SMILES string of the molecule is CC(C)C(=O)N1CCN(c2ccc(NC(=O)CC#N)cc2Cl)CC1. The van der Waals surface area contributed by atoms with Gasteiger partial charge in [-0.2, -0.15) is 5.26 Å². The van der Waals surface area contributed by atoms with Crippen molar-refractivity contribution in [1.29, 1.82) is 5.26 Å². The molecule has 0 atom stereocenters. The molecule has 1 aromatic rings. The van der Waals surface area contributed by atoms with Gasteiger partial charge in [-0.15, -0.1) is 0 Å².